The van der Waals surface area contributed by atoms with Crippen molar-refractivity contribution in [3.05, 3.63) is 34.4 Å². The van der Waals surface area contributed by atoms with E-state index in [1.165, 1.54) is 16.7 Å². The minimum atomic E-state index is -0.760. The molecule has 0 aromatic heterocycles. The monoisotopic (exact) mass is 306 g/mol. The molecule has 2 atom stereocenters. The van der Waals surface area contributed by atoms with Crippen molar-refractivity contribution in [2.24, 2.45) is 0 Å². The average molecular weight is 306 g/mol. The van der Waals surface area contributed by atoms with Gasteiger partial charge in [0, 0.05) is 21.3 Å². The molecule has 2 nitrogen and oxygen atoms in total. The molecule has 0 aliphatic carbocycles. The second kappa shape index (κ2) is 5.51. The lowest BCUT2D eigenvalue weighted by molar-refractivity contribution is 0.0168. The van der Waals surface area contributed by atoms with Crippen LogP contribution in [0.2, 0.25) is 0 Å². The summed E-state index contributed by atoms with van der Waals surface area (Å²) in [5.41, 5.74) is 4.23. The molecule has 2 aliphatic rings. The third-order valence-corrected chi connectivity index (χ3v) is 7.39. The summed E-state index contributed by atoms with van der Waals surface area (Å²) >= 11 is 0. The van der Waals surface area contributed by atoms with E-state index in [1.54, 1.807) is 0 Å². The van der Waals surface area contributed by atoms with E-state index >= 15 is 0 Å². The summed E-state index contributed by atoms with van der Waals surface area (Å²) in [6.07, 6.45) is 5.30. The van der Waals surface area contributed by atoms with E-state index in [1.807, 2.05) is 0 Å². The van der Waals surface area contributed by atoms with Gasteiger partial charge in [-0.05, 0) is 62.1 Å². The van der Waals surface area contributed by atoms with Gasteiger partial charge in [-0.25, -0.2) is 0 Å². The summed E-state index contributed by atoms with van der Waals surface area (Å²) in [7, 11) is -0.720. The molecule has 0 radical (unpaired) electrons. The Labute approximate surface area is 130 Å². The number of aliphatic hydroxyl groups is 1. The maximum absolute atomic E-state index is 12.3. The second-order valence-corrected chi connectivity index (χ2v) is 8.75. The van der Waals surface area contributed by atoms with E-state index in [0.717, 1.165) is 31.2 Å². The first kappa shape index (κ1) is 15.2. The Morgan fingerprint density at radius 3 is 2.05 bits per heavy atom. The van der Waals surface area contributed by atoms with Crippen LogP contribution in [0.3, 0.4) is 0 Å². The van der Waals surface area contributed by atoms with Gasteiger partial charge in [0.2, 0.25) is 0 Å². The summed E-state index contributed by atoms with van der Waals surface area (Å²) in [4.78, 5) is 0. The standard InChI is InChI=1S/C18H26O2S/c1-4-13-8-12(3)9-14(5-2)17(13)18(19)10-15-6-7-16(11-18)21(15)20/h8-9,15-16,19H,4-7,10-11H2,1-3H3. The Kier molecular flexibility index (Phi) is 4.00. The predicted octanol–water partition coefficient (Wildman–Crippen LogP) is 3.38. The van der Waals surface area contributed by atoms with Crippen LogP contribution in [-0.2, 0) is 29.2 Å². The van der Waals surface area contributed by atoms with E-state index in [2.05, 4.69) is 32.9 Å². The zero-order chi connectivity index (χ0) is 15.2. The fraction of sp³-hybridized carbons (Fsp3) is 0.667. The zero-order valence-electron chi connectivity index (χ0n) is 13.3. The molecule has 2 aliphatic heterocycles. The molecule has 1 N–H and O–H groups in total. The molecule has 0 saturated carbocycles. The van der Waals surface area contributed by atoms with E-state index in [0.29, 0.717) is 12.8 Å². The molecule has 2 saturated heterocycles. The van der Waals surface area contributed by atoms with Crippen molar-refractivity contribution in [2.45, 2.75) is 75.4 Å². The zero-order valence-corrected chi connectivity index (χ0v) is 14.1. The Balaban J connectivity index is 2.09. The number of fused-ring (bicyclic) bond motifs is 2. The Bertz CT molecular complexity index is 538. The molecule has 1 aromatic carbocycles. The fourth-order valence-corrected chi connectivity index (χ4v) is 6.54. The molecule has 2 heterocycles. The van der Waals surface area contributed by atoms with Crippen LogP contribution < -0.4 is 0 Å². The van der Waals surface area contributed by atoms with E-state index < -0.39 is 16.4 Å². The fourth-order valence-electron chi connectivity index (χ4n) is 4.38. The molecular weight excluding hydrogens is 280 g/mol. The van der Waals surface area contributed by atoms with E-state index in [4.69, 9.17) is 0 Å². The van der Waals surface area contributed by atoms with Crippen molar-refractivity contribution in [1.82, 2.24) is 0 Å². The topological polar surface area (TPSA) is 37.3 Å². The average Bonchev–Trinajstić information content (AvgIpc) is 2.69. The second-order valence-electron chi connectivity index (χ2n) is 6.76. The highest BCUT2D eigenvalue weighted by Gasteiger charge is 2.49. The van der Waals surface area contributed by atoms with Crippen molar-refractivity contribution >= 4 is 10.8 Å². The maximum Gasteiger partial charge on any atom is 0.0924 e. The van der Waals surface area contributed by atoms with Crippen LogP contribution in [0.15, 0.2) is 12.1 Å². The molecule has 3 rings (SSSR count). The molecule has 1 aromatic rings. The Hall–Kier alpha value is -0.670. The summed E-state index contributed by atoms with van der Waals surface area (Å²) in [5.74, 6) is 0. The van der Waals surface area contributed by atoms with Crippen LogP contribution in [0.1, 0.15) is 61.8 Å². The van der Waals surface area contributed by atoms with Gasteiger partial charge in [0.05, 0.1) is 5.60 Å². The number of aryl methyl sites for hydroxylation is 3. The lowest BCUT2D eigenvalue weighted by atomic mass is 9.78. The maximum atomic E-state index is 12.3. The lowest BCUT2D eigenvalue weighted by Crippen LogP contribution is -2.41. The van der Waals surface area contributed by atoms with Crippen molar-refractivity contribution < 1.29 is 9.32 Å². The summed E-state index contributed by atoms with van der Waals surface area (Å²) in [5, 5.41) is 11.8. The van der Waals surface area contributed by atoms with Gasteiger partial charge in [0.1, 0.15) is 0 Å². The molecule has 0 spiro atoms. The van der Waals surface area contributed by atoms with Crippen LogP contribution in [0.5, 0.6) is 0 Å². The SMILES string of the molecule is CCc1cc(C)cc(CC)c1C1(O)CC2CCC(C1)S2=O. The summed E-state index contributed by atoms with van der Waals surface area (Å²) < 4.78 is 12.3. The predicted molar refractivity (Wildman–Crippen MR) is 88.0 cm³/mol. The summed E-state index contributed by atoms with van der Waals surface area (Å²) in [6.45, 7) is 6.46. The molecule has 3 heteroatoms. The molecule has 2 bridgehead atoms. The molecule has 2 unspecified atom stereocenters. The van der Waals surface area contributed by atoms with Gasteiger partial charge < -0.3 is 5.11 Å². The number of rotatable bonds is 3. The first-order valence-electron chi connectivity index (χ1n) is 8.23. The van der Waals surface area contributed by atoms with Crippen molar-refractivity contribution in [3.63, 3.8) is 0 Å². The quantitative estimate of drug-likeness (QED) is 0.929. The van der Waals surface area contributed by atoms with Gasteiger partial charge in [0.15, 0.2) is 0 Å². The Morgan fingerprint density at radius 1 is 1.14 bits per heavy atom. The van der Waals surface area contributed by atoms with Gasteiger partial charge >= 0.3 is 0 Å². The van der Waals surface area contributed by atoms with E-state index in [9.17, 15) is 9.32 Å². The van der Waals surface area contributed by atoms with Crippen LogP contribution in [0.4, 0.5) is 0 Å². The number of hydrogen-bond donors (Lipinski definition) is 1. The van der Waals surface area contributed by atoms with Crippen LogP contribution in [0.25, 0.3) is 0 Å². The van der Waals surface area contributed by atoms with Crippen LogP contribution >= 0.6 is 0 Å². The molecule has 116 valence electrons. The highest BCUT2D eigenvalue weighted by atomic mass is 32.2. The third-order valence-electron chi connectivity index (χ3n) is 5.27. The third kappa shape index (κ3) is 2.49. The molecule has 2 fully saturated rings. The first-order valence-corrected chi connectivity index (χ1v) is 9.50. The molecule has 0 amide bonds. The minimum absolute atomic E-state index is 0.199. The van der Waals surface area contributed by atoms with Crippen molar-refractivity contribution in [3.8, 4) is 0 Å². The van der Waals surface area contributed by atoms with Crippen molar-refractivity contribution in [2.75, 3.05) is 0 Å². The van der Waals surface area contributed by atoms with Gasteiger partial charge in [-0.2, -0.15) is 0 Å². The molecule has 21 heavy (non-hydrogen) atoms. The minimum Gasteiger partial charge on any atom is -0.385 e. The largest absolute Gasteiger partial charge is 0.385 e. The van der Waals surface area contributed by atoms with Crippen LogP contribution in [0, 0.1) is 6.92 Å². The van der Waals surface area contributed by atoms with E-state index in [-0.39, 0.29) is 10.5 Å². The van der Waals surface area contributed by atoms with Crippen molar-refractivity contribution in [1.29, 1.82) is 0 Å². The normalized spacial score (nSPS) is 35.1. The lowest BCUT2D eigenvalue weighted by Gasteiger charge is -2.39. The summed E-state index contributed by atoms with van der Waals surface area (Å²) in [6, 6.07) is 4.44. The smallest absolute Gasteiger partial charge is 0.0924 e. The van der Waals surface area contributed by atoms with Crippen LogP contribution in [-0.4, -0.2) is 19.8 Å². The van der Waals surface area contributed by atoms with Gasteiger partial charge in [0.25, 0.3) is 0 Å². The highest BCUT2D eigenvalue weighted by molar-refractivity contribution is 7.86. The molecular formula is C18H26O2S. The van der Waals surface area contributed by atoms with Gasteiger partial charge in [-0.15, -0.1) is 0 Å². The first-order chi connectivity index (χ1) is 9.98. The number of benzene rings is 1. The Morgan fingerprint density at radius 2 is 1.62 bits per heavy atom. The van der Waals surface area contributed by atoms with Gasteiger partial charge in [-0.1, -0.05) is 31.5 Å². The highest BCUT2D eigenvalue weighted by Crippen LogP contribution is 2.47. The number of hydrogen-bond acceptors (Lipinski definition) is 2. The van der Waals surface area contributed by atoms with Gasteiger partial charge in [-0.3, -0.25) is 4.21 Å².